The number of hydrogen-bond acceptors (Lipinski definition) is 8. The van der Waals surface area contributed by atoms with E-state index < -0.39 is 0 Å². The Morgan fingerprint density at radius 2 is 1.81 bits per heavy atom. The molecule has 3 aliphatic heterocycles. The number of anilines is 1. The van der Waals surface area contributed by atoms with Crippen LogP contribution in [0.5, 0.6) is 0 Å². The van der Waals surface area contributed by atoms with Crippen molar-refractivity contribution in [2.24, 2.45) is 0 Å². The minimum absolute atomic E-state index is 0.0530. The number of nitrogens with two attached hydrogens (primary N) is 1. The molecule has 0 aliphatic carbocycles. The van der Waals surface area contributed by atoms with Gasteiger partial charge in [-0.2, -0.15) is 22.0 Å². The molecule has 0 bridgehead atoms. The normalized spacial score (nSPS) is 20.8. The van der Waals surface area contributed by atoms with Gasteiger partial charge in [0.05, 0.1) is 36.2 Å². The van der Waals surface area contributed by atoms with E-state index in [1.807, 2.05) is 22.5 Å². The Labute approximate surface area is 219 Å². The highest BCUT2D eigenvalue weighted by molar-refractivity contribution is 7.99. The van der Waals surface area contributed by atoms with Crippen LogP contribution >= 0.6 is 11.8 Å². The highest BCUT2D eigenvalue weighted by Crippen LogP contribution is 2.41. The van der Waals surface area contributed by atoms with Crippen LogP contribution in [0.3, 0.4) is 0 Å². The number of benzene rings is 1. The second-order valence-electron chi connectivity index (χ2n) is 10.1. The Kier molecular flexibility index (Phi) is 5.92. The van der Waals surface area contributed by atoms with Crippen LogP contribution in [0.1, 0.15) is 24.4 Å². The molecule has 0 radical (unpaired) electrons. The summed E-state index contributed by atoms with van der Waals surface area (Å²) in [7, 11) is 0. The lowest BCUT2D eigenvalue weighted by molar-refractivity contribution is -0.144. The van der Waals surface area contributed by atoms with Gasteiger partial charge < -0.3 is 15.2 Å². The van der Waals surface area contributed by atoms with Crippen LogP contribution in [0.25, 0.3) is 28.0 Å². The van der Waals surface area contributed by atoms with Crippen molar-refractivity contribution in [3.8, 4) is 22.5 Å². The van der Waals surface area contributed by atoms with Crippen LogP contribution in [0, 0.1) is 0 Å². The van der Waals surface area contributed by atoms with E-state index in [0.29, 0.717) is 11.9 Å². The van der Waals surface area contributed by atoms with Crippen molar-refractivity contribution < 1.29 is 9.47 Å². The fraction of sp³-hybridized carbons (Fsp3) is 0.444. The first-order chi connectivity index (χ1) is 18.2. The standard InChI is InChI=1S/C27H31N7O2S/c28-26-25-22(23-4-7-30-33(23)21-5-10-35-11-6-21)15-24(34(25)31-18-29-26)19-2-1-3-20(14-19)27(16-36-17-27)32-8-12-37-13-9-32/h1-4,7,14-15,18,21H,5-6,8-13,16-17H2,(H2,28,29,31). The Morgan fingerprint density at radius 3 is 2.59 bits per heavy atom. The van der Waals surface area contributed by atoms with Crippen molar-refractivity contribution in [1.82, 2.24) is 29.3 Å². The highest BCUT2D eigenvalue weighted by atomic mass is 32.2. The third-order valence-corrected chi connectivity index (χ3v) is 9.00. The SMILES string of the molecule is Nc1ncnn2c(-c3cccc(C4(N5CCSCC5)COC4)c3)cc(-c3ccnn3C3CCOCC3)c12. The van der Waals surface area contributed by atoms with E-state index in [1.54, 1.807) is 0 Å². The van der Waals surface area contributed by atoms with E-state index >= 15 is 0 Å². The zero-order valence-electron chi connectivity index (χ0n) is 20.8. The quantitative estimate of drug-likeness (QED) is 0.430. The molecule has 0 amide bonds. The van der Waals surface area contributed by atoms with Crippen LogP contribution in [0.4, 0.5) is 5.82 Å². The van der Waals surface area contributed by atoms with Gasteiger partial charge in [-0.15, -0.1) is 0 Å². The summed E-state index contributed by atoms with van der Waals surface area (Å²) < 4.78 is 15.4. The first-order valence-electron chi connectivity index (χ1n) is 13.0. The summed E-state index contributed by atoms with van der Waals surface area (Å²) in [6.45, 7) is 5.17. The van der Waals surface area contributed by atoms with Gasteiger partial charge in [0.2, 0.25) is 0 Å². The van der Waals surface area contributed by atoms with Crippen molar-refractivity contribution in [1.29, 1.82) is 0 Å². The zero-order valence-corrected chi connectivity index (χ0v) is 21.6. The predicted molar refractivity (Wildman–Crippen MR) is 145 cm³/mol. The first-order valence-corrected chi connectivity index (χ1v) is 14.2. The summed E-state index contributed by atoms with van der Waals surface area (Å²) in [6.07, 6.45) is 5.29. The minimum atomic E-state index is -0.0530. The lowest BCUT2D eigenvalue weighted by atomic mass is 9.84. The largest absolute Gasteiger partial charge is 0.382 e. The first kappa shape index (κ1) is 23.2. The summed E-state index contributed by atoms with van der Waals surface area (Å²) in [5.74, 6) is 2.80. The van der Waals surface area contributed by atoms with Crippen molar-refractivity contribution in [3.63, 3.8) is 0 Å². The van der Waals surface area contributed by atoms with E-state index in [1.165, 1.54) is 23.4 Å². The smallest absolute Gasteiger partial charge is 0.152 e. The molecule has 0 unspecified atom stereocenters. The third kappa shape index (κ3) is 3.85. The van der Waals surface area contributed by atoms with Crippen molar-refractivity contribution in [2.45, 2.75) is 24.4 Å². The van der Waals surface area contributed by atoms with Gasteiger partial charge in [-0.3, -0.25) is 9.58 Å². The van der Waals surface area contributed by atoms with Crippen molar-refractivity contribution >= 4 is 23.1 Å². The number of fused-ring (bicyclic) bond motifs is 1. The molecule has 6 heterocycles. The van der Waals surface area contributed by atoms with Gasteiger partial charge in [0.25, 0.3) is 0 Å². The number of ether oxygens (including phenoxy) is 2. The summed E-state index contributed by atoms with van der Waals surface area (Å²) in [5, 5.41) is 9.35. The number of nitrogen functional groups attached to an aromatic ring is 1. The lowest BCUT2D eigenvalue weighted by Gasteiger charge is -2.51. The maximum atomic E-state index is 6.46. The fourth-order valence-electron chi connectivity index (χ4n) is 6.00. The summed E-state index contributed by atoms with van der Waals surface area (Å²) in [5.41, 5.74) is 12.6. The number of aromatic nitrogens is 5. The van der Waals surface area contributed by atoms with E-state index in [9.17, 15) is 0 Å². The molecule has 0 atom stereocenters. The average Bonchev–Trinajstić information content (AvgIpc) is 3.55. The average molecular weight is 518 g/mol. The Bertz CT molecular complexity index is 1420. The van der Waals surface area contributed by atoms with E-state index in [2.05, 4.69) is 56.1 Å². The van der Waals surface area contributed by atoms with E-state index in [4.69, 9.17) is 20.3 Å². The maximum absolute atomic E-state index is 6.46. The minimum Gasteiger partial charge on any atom is -0.382 e. The number of rotatable bonds is 5. The molecular formula is C27H31N7O2S. The van der Waals surface area contributed by atoms with Crippen LogP contribution in [-0.2, 0) is 15.0 Å². The van der Waals surface area contributed by atoms with Gasteiger partial charge in [0, 0.05) is 55.1 Å². The monoisotopic (exact) mass is 517 g/mol. The van der Waals surface area contributed by atoms with Gasteiger partial charge in [-0.05, 0) is 36.6 Å². The lowest BCUT2D eigenvalue weighted by Crippen LogP contribution is -2.61. The number of nitrogens with zero attached hydrogens (tertiary/aromatic N) is 6. The number of thioether (sulfide) groups is 1. The molecule has 3 aromatic heterocycles. The Balaban J connectivity index is 1.34. The molecule has 0 saturated carbocycles. The van der Waals surface area contributed by atoms with Gasteiger partial charge in [0.1, 0.15) is 11.8 Å². The fourth-order valence-corrected chi connectivity index (χ4v) is 6.91. The molecule has 2 N–H and O–H groups in total. The van der Waals surface area contributed by atoms with E-state index in [-0.39, 0.29) is 5.54 Å². The van der Waals surface area contributed by atoms with Gasteiger partial charge in [-0.1, -0.05) is 18.2 Å². The highest BCUT2D eigenvalue weighted by Gasteiger charge is 2.46. The van der Waals surface area contributed by atoms with Crippen LogP contribution in [-0.4, -0.2) is 80.3 Å². The maximum Gasteiger partial charge on any atom is 0.152 e. The Hall–Kier alpha value is -2.92. The van der Waals surface area contributed by atoms with Crippen molar-refractivity contribution in [3.05, 3.63) is 54.5 Å². The summed E-state index contributed by atoms with van der Waals surface area (Å²) in [4.78, 5) is 6.95. The molecule has 37 heavy (non-hydrogen) atoms. The van der Waals surface area contributed by atoms with Gasteiger partial charge in [0.15, 0.2) is 5.82 Å². The molecule has 3 aliphatic rings. The van der Waals surface area contributed by atoms with Gasteiger partial charge >= 0.3 is 0 Å². The molecule has 10 heteroatoms. The third-order valence-electron chi connectivity index (χ3n) is 8.06. The second-order valence-corrected chi connectivity index (χ2v) is 11.3. The molecule has 4 aromatic rings. The van der Waals surface area contributed by atoms with Crippen molar-refractivity contribution in [2.75, 3.05) is 56.8 Å². The molecule has 9 nitrogen and oxygen atoms in total. The second kappa shape index (κ2) is 9.43. The van der Waals surface area contributed by atoms with Crippen LogP contribution in [0.2, 0.25) is 0 Å². The molecule has 3 saturated heterocycles. The molecule has 1 aromatic carbocycles. The van der Waals surface area contributed by atoms with Crippen LogP contribution < -0.4 is 5.73 Å². The van der Waals surface area contributed by atoms with E-state index in [0.717, 1.165) is 80.4 Å². The topological polar surface area (TPSA) is 95.7 Å². The van der Waals surface area contributed by atoms with Gasteiger partial charge in [-0.25, -0.2) is 9.50 Å². The molecule has 7 rings (SSSR count). The number of hydrogen-bond donors (Lipinski definition) is 1. The molecule has 3 fully saturated rings. The van der Waals surface area contributed by atoms with Crippen LogP contribution in [0.15, 0.2) is 48.9 Å². The predicted octanol–water partition coefficient (Wildman–Crippen LogP) is 3.47. The molecular weight excluding hydrogens is 486 g/mol. The summed E-state index contributed by atoms with van der Waals surface area (Å²) in [6, 6.07) is 13.4. The summed E-state index contributed by atoms with van der Waals surface area (Å²) >= 11 is 2.03. The zero-order chi connectivity index (χ0) is 24.8. The molecule has 192 valence electrons. The Morgan fingerprint density at radius 1 is 0.973 bits per heavy atom. The molecule has 0 spiro atoms.